The van der Waals surface area contributed by atoms with Crippen molar-refractivity contribution < 1.29 is 9.13 Å². The van der Waals surface area contributed by atoms with Gasteiger partial charge in [-0.1, -0.05) is 30.3 Å². The molecule has 0 heterocycles. The number of hydrogen-bond acceptors (Lipinski definition) is 2. The average Bonchev–Trinajstić information content (AvgIpc) is 2.42. The first-order chi connectivity index (χ1) is 9.20. The molecule has 2 aromatic rings. The van der Waals surface area contributed by atoms with Gasteiger partial charge in [-0.15, -0.1) is 0 Å². The molecule has 0 radical (unpaired) electrons. The summed E-state index contributed by atoms with van der Waals surface area (Å²) in [7, 11) is 1.53. The molecule has 0 aliphatic carbocycles. The predicted molar refractivity (Wildman–Crippen MR) is 75.4 cm³/mol. The number of halogens is 1. The largest absolute Gasteiger partial charge is 0.496 e. The van der Waals surface area contributed by atoms with E-state index < -0.39 is 0 Å². The fourth-order valence-electron chi connectivity index (χ4n) is 1.88. The van der Waals surface area contributed by atoms with Gasteiger partial charge in [0.05, 0.1) is 13.7 Å². The van der Waals surface area contributed by atoms with Crippen LogP contribution in [-0.2, 0) is 6.54 Å². The molecule has 0 atom stereocenters. The van der Waals surface area contributed by atoms with Crippen molar-refractivity contribution in [2.24, 2.45) is 4.99 Å². The Morgan fingerprint density at radius 1 is 1.21 bits per heavy atom. The number of methoxy groups -OCH3 is 1. The average molecular weight is 257 g/mol. The van der Waals surface area contributed by atoms with Gasteiger partial charge >= 0.3 is 0 Å². The Hall–Kier alpha value is -2.16. The summed E-state index contributed by atoms with van der Waals surface area (Å²) in [5.41, 5.74) is 2.77. The molecule has 19 heavy (non-hydrogen) atoms. The highest BCUT2D eigenvalue weighted by Gasteiger charge is 2.06. The second-order valence-electron chi connectivity index (χ2n) is 4.29. The first-order valence-corrected chi connectivity index (χ1v) is 6.08. The molecule has 0 aliphatic rings. The van der Waals surface area contributed by atoms with Crippen molar-refractivity contribution in [1.29, 1.82) is 0 Å². The van der Waals surface area contributed by atoms with Crippen LogP contribution < -0.4 is 4.74 Å². The molecule has 0 saturated carbocycles. The first-order valence-electron chi connectivity index (χ1n) is 6.08. The molecule has 0 spiro atoms. The van der Waals surface area contributed by atoms with E-state index in [0.29, 0.717) is 12.3 Å². The van der Waals surface area contributed by atoms with Crippen LogP contribution in [0.2, 0.25) is 0 Å². The fourth-order valence-corrected chi connectivity index (χ4v) is 1.88. The van der Waals surface area contributed by atoms with Crippen LogP contribution in [0.1, 0.15) is 16.7 Å². The predicted octanol–water partition coefficient (Wildman–Crippen LogP) is 3.76. The smallest absolute Gasteiger partial charge is 0.130 e. The Bertz CT molecular complexity index is 579. The maximum atomic E-state index is 13.3. The third-order valence-corrected chi connectivity index (χ3v) is 2.87. The molecule has 2 aromatic carbocycles. The van der Waals surface area contributed by atoms with Crippen LogP contribution in [0.25, 0.3) is 0 Å². The van der Waals surface area contributed by atoms with Gasteiger partial charge in [0.25, 0.3) is 0 Å². The lowest BCUT2D eigenvalue weighted by Gasteiger charge is -2.07. The van der Waals surface area contributed by atoms with Gasteiger partial charge in [0.2, 0.25) is 0 Å². The van der Waals surface area contributed by atoms with Crippen molar-refractivity contribution in [2.45, 2.75) is 13.5 Å². The minimum absolute atomic E-state index is 0.297. The van der Waals surface area contributed by atoms with E-state index in [2.05, 4.69) is 4.99 Å². The van der Waals surface area contributed by atoms with Gasteiger partial charge in [-0.05, 0) is 24.1 Å². The topological polar surface area (TPSA) is 21.6 Å². The Morgan fingerprint density at radius 2 is 1.95 bits per heavy atom. The van der Waals surface area contributed by atoms with Crippen molar-refractivity contribution in [3.63, 3.8) is 0 Å². The molecule has 0 aromatic heterocycles. The normalized spacial score (nSPS) is 10.9. The van der Waals surface area contributed by atoms with Gasteiger partial charge in [0.1, 0.15) is 11.6 Å². The van der Waals surface area contributed by atoms with E-state index in [4.69, 9.17) is 4.74 Å². The van der Waals surface area contributed by atoms with E-state index >= 15 is 0 Å². The molecular formula is C16H16FNO. The van der Waals surface area contributed by atoms with Gasteiger partial charge in [0, 0.05) is 17.8 Å². The summed E-state index contributed by atoms with van der Waals surface area (Å²) in [5.74, 6) is 0.212. The Balaban J connectivity index is 2.19. The number of aliphatic imine (C=N–C) groups is 1. The fraction of sp³-hybridized carbons (Fsp3) is 0.188. The molecule has 3 heteroatoms. The van der Waals surface area contributed by atoms with E-state index in [0.717, 1.165) is 16.7 Å². The molecule has 0 N–H and O–H groups in total. The summed E-state index contributed by atoms with van der Waals surface area (Å²) in [6, 6.07) is 12.8. The van der Waals surface area contributed by atoms with Gasteiger partial charge < -0.3 is 4.74 Å². The number of nitrogens with zero attached hydrogens (tertiary/aromatic N) is 1. The Morgan fingerprint density at radius 3 is 2.63 bits per heavy atom. The van der Waals surface area contributed by atoms with Crippen LogP contribution >= 0.6 is 0 Å². The summed E-state index contributed by atoms with van der Waals surface area (Å²) < 4.78 is 18.4. The SMILES string of the molecule is COc1cc(F)cc(C)c1C=NCc1ccccc1. The zero-order valence-electron chi connectivity index (χ0n) is 11.1. The molecule has 0 saturated heterocycles. The van der Waals surface area contributed by atoms with Gasteiger partial charge in [-0.25, -0.2) is 4.39 Å². The lowest BCUT2D eigenvalue weighted by atomic mass is 10.1. The van der Waals surface area contributed by atoms with Gasteiger partial charge in [-0.2, -0.15) is 0 Å². The number of hydrogen-bond donors (Lipinski definition) is 0. The van der Waals surface area contributed by atoms with Gasteiger partial charge in [-0.3, -0.25) is 4.99 Å². The van der Waals surface area contributed by atoms with Crippen molar-refractivity contribution >= 4 is 6.21 Å². The summed E-state index contributed by atoms with van der Waals surface area (Å²) in [5, 5.41) is 0. The third-order valence-electron chi connectivity index (χ3n) is 2.87. The number of ether oxygens (including phenoxy) is 1. The van der Waals surface area contributed by atoms with E-state index in [1.54, 1.807) is 6.21 Å². The minimum Gasteiger partial charge on any atom is -0.496 e. The number of benzene rings is 2. The maximum absolute atomic E-state index is 13.3. The quantitative estimate of drug-likeness (QED) is 0.764. The highest BCUT2D eigenvalue weighted by molar-refractivity contribution is 5.85. The molecule has 0 bridgehead atoms. The molecule has 2 rings (SSSR count). The van der Waals surface area contributed by atoms with E-state index in [9.17, 15) is 4.39 Å². The summed E-state index contributed by atoms with van der Waals surface area (Å²) in [6.07, 6.45) is 1.74. The molecule has 0 unspecified atom stereocenters. The second-order valence-corrected chi connectivity index (χ2v) is 4.29. The molecule has 98 valence electrons. The van der Waals surface area contributed by atoms with Crippen molar-refractivity contribution in [1.82, 2.24) is 0 Å². The molecule has 0 fully saturated rings. The van der Waals surface area contributed by atoms with Crippen molar-refractivity contribution in [3.8, 4) is 5.75 Å². The maximum Gasteiger partial charge on any atom is 0.130 e. The number of aryl methyl sites for hydroxylation is 1. The van der Waals surface area contributed by atoms with Crippen LogP contribution in [0.4, 0.5) is 4.39 Å². The summed E-state index contributed by atoms with van der Waals surface area (Å²) in [6.45, 7) is 2.44. The van der Waals surface area contributed by atoms with E-state index in [1.165, 1.54) is 19.2 Å². The summed E-state index contributed by atoms with van der Waals surface area (Å²) >= 11 is 0. The molecular weight excluding hydrogens is 241 g/mol. The highest BCUT2D eigenvalue weighted by atomic mass is 19.1. The zero-order chi connectivity index (χ0) is 13.7. The van der Waals surface area contributed by atoms with Crippen LogP contribution in [0, 0.1) is 12.7 Å². The van der Waals surface area contributed by atoms with Crippen LogP contribution in [0.15, 0.2) is 47.5 Å². The van der Waals surface area contributed by atoms with Crippen LogP contribution in [0.5, 0.6) is 5.75 Å². The monoisotopic (exact) mass is 257 g/mol. The lowest BCUT2D eigenvalue weighted by molar-refractivity contribution is 0.410. The zero-order valence-corrected chi connectivity index (χ0v) is 11.1. The first kappa shape index (κ1) is 13.3. The van der Waals surface area contributed by atoms with Crippen LogP contribution in [0.3, 0.4) is 0 Å². The Kier molecular flexibility index (Phi) is 4.29. The standard InChI is InChI=1S/C16H16FNO/c1-12-8-14(17)9-16(19-2)15(12)11-18-10-13-6-4-3-5-7-13/h3-9,11H,10H2,1-2H3. The van der Waals surface area contributed by atoms with Gasteiger partial charge in [0.15, 0.2) is 0 Å². The van der Waals surface area contributed by atoms with E-state index in [-0.39, 0.29) is 5.82 Å². The van der Waals surface area contributed by atoms with Crippen LogP contribution in [-0.4, -0.2) is 13.3 Å². The van der Waals surface area contributed by atoms with E-state index in [1.807, 2.05) is 37.3 Å². The molecule has 2 nitrogen and oxygen atoms in total. The second kappa shape index (κ2) is 6.14. The molecule has 0 aliphatic heterocycles. The number of rotatable bonds is 4. The van der Waals surface area contributed by atoms with Crippen molar-refractivity contribution in [2.75, 3.05) is 7.11 Å². The highest BCUT2D eigenvalue weighted by Crippen LogP contribution is 2.22. The molecule has 0 amide bonds. The minimum atomic E-state index is -0.297. The lowest BCUT2D eigenvalue weighted by Crippen LogP contribution is -1.96. The Labute approximate surface area is 112 Å². The summed E-state index contributed by atoms with van der Waals surface area (Å²) in [4.78, 5) is 4.38. The van der Waals surface area contributed by atoms with Crippen molar-refractivity contribution in [3.05, 3.63) is 65.0 Å². The third kappa shape index (κ3) is 3.41.